The van der Waals surface area contributed by atoms with Crippen LogP contribution >= 0.6 is 0 Å². The second-order valence-corrected chi connectivity index (χ2v) is 4.84. The Morgan fingerprint density at radius 3 is 2.70 bits per heavy atom. The van der Waals surface area contributed by atoms with Gasteiger partial charge in [0.05, 0.1) is 5.52 Å². The van der Waals surface area contributed by atoms with Crippen LogP contribution in [0.15, 0.2) is 35.1 Å². The van der Waals surface area contributed by atoms with Gasteiger partial charge in [0.25, 0.3) is 0 Å². The molecule has 0 aliphatic heterocycles. The molecule has 0 amide bonds. The molecule has 0 saturated heterocycles. The van der Waals surface area contributed by atoms with Crippen molar-refractivity contribution in [2.45, 2.75) is 0 Å². The summed E-state index contributed by atoms with van der Waals surface area (Å²) in [6.07, 6.45) is 0. The molecule has 6 nitrogen and oxygen atoms in total. The number of nitrogens with two attached hydrogens (primary N) is 1. The minimum Gasteiger partial charge on any atom is -0.399 e. The van der Waals surface area contributed by atoms with Crippen LogP contribution in [0.3, 0.4) is 0 Å². The fourth-order valence-electron chi connectivity index (χ4n) is 2.17. The molecule has 4 N–H and O–H groups in total. The number of nitrogen functional groups attached to an aromatic ring is 1. The third kappa shape index (κ3) is 2.01. The molecule has 3 aromatic rings. The van der Waals surface area contributed by atoms with E-state index in [1.165, 1.54) is 6.07 Å². The number of rotatable bonds is 2. The number of anilines is 2. The zero-order chi connectivity index (χ0) is 14.3. The Morgan fingerprint density at radius 2 is 1.95 bits per heavy atom. The quantitative estimate of drug-likeness (QED) is 0.616. The van der Waals surface area contributed by atoms with Crippen molar-refractivity contribution in [1.29, 1.82) is 0 Å². The van der Waals surface area contributed by atoms with Crippen LogP contribution in [0.4, 0.5) is 11.4 Å². The summed E-state index contributed by atoms with van der Waals surface area (Å²) in [5.74, 6) is 0.700. The summed E-state index contributed by atoms with van der Waals surface area (Å²) in [4.78, 5) is 23.6. The second-order valence-electron chi connectivity index (χ2n) is 4.84. The maximum Gasteiger partial charge on any atom is 0.249 e. The number of pyridine rings is 1. The molecule has 0 bridgehead atoms. The lowest BCUT2D eigenvalue weighted by molar-refractivity contribution is 1.13. The average molecular weight is 269 g/mol. The molecule has 1 aromatic carbocycles. The minimum absolute atomic E-state index is 0.166. The Hall–Kier alpha value is -2.76. The fourth-order valence-corrected chi connectivity index (χ4v) is 2.17. The Bertz CT molecular complexity index is 831. The Kier molecular flexibility index (Phi) is 2.71. The first-order valence-electron chi connectivity index (χ1n) is 6.21. The number of hydrogen-bond acceptors (Lipinski definition) is 4. The van der Waals surface area contributed by atoms with Gasteiger partial charge in [-0.2, -0.15) is 0 Å². The Labute approximate surface area is 115 Å². The molecule has 0 aliphatic carbocycles. The van der Waals surface area contributed by atoms with Crippen LogP contribution in [-0.4, -0.2) is 29.0 Å². The van der Waals surface area contributed by atoms with Gasteiger partial charge in [-0.15, -0.1) is 0 Å². The summed E-state index contributed by atoms with van der Waals surface area (Å²) in [5, 5.41) is 0. The van der Waals surface area contributed by atoms with E-state index in [4.69, 9.17) is 5.73 Å². The highest BCUT2D eigenvalue weighted by Gasteiger charge is 2.12. The van der Waals surface area contributed by atoms with E-state index in [0.717, 1.165) is 16.8 Å². The molecule has 0 saturated carbocycles. The van der Waals surface area contributed by atoms with E-state index in [9.17, 15) is 4.79 Å². The number of hydrogen-bond donors (Lipinski definition) is 3. The molecular weight excluding hydrogens is 254 g/mol. The van der Waals surface area contributed by atoms with Crippen molar-refractivity contribution >= 4 is 22.5 Å². The zero-order valence-electron chi connectivity index (χ0n) is 11.3. The van der Waals surface area contributed by atoms with E-state index in [1.54, 1.807) is 6.07 Å². The standard InChI is InChI=1S/C14H15N5O/c1-19(2)11-7-8(15)3-4-9(11)13-16-10-5-6-12(20)17-14(10)18-13/h3-7H,15H2,1-2H3,(H2,16,17,18,20). The van der Waals surface area contributed by atoms with Gasteiger partial charge in [0.2, 0.25) is 5.56 Å². The predicted octanol–water partition coefficient (Wildman–Crippen LogP) is 1.57. The first kappa shape index (κ1) is 12.3. The van der Waals surface area contributed by atoms with E-state index in [-0.39, 0.29) is 5.56 Å². The molecule has 0 aliphatic rings. The predicted molar refractivity (Wildman–Crippen MR) is 80.9 cm³/mol. The molecule has 20 heavy (non-hydrogen) atoms. The third-order valence-corrected chi connectivity index (χ3v) is 3.13. The average Bonchev–Trinajstić information content (AvgIpc) is 2.81. The first-order valence-corrected chi connectivity index (χ1v) is 6.21. The molecule has 2 heterocycles. The van der Waals surface area contributed by atoms with E-state index in [2.05, 4.69) is 15.0 Å². The smallest absolute Gasteiger partial charge is 0.249 e. The SMILES string of the molecule is CN(C)c1cc(N)ccc1-c1nc2[nH]c(=O)ccc2[nH]1. The molecular formula is C14H15N5O. The van der Waals surface area contributed by atoms with Gasteiger partial charge in [-0.25, -0.2) is 4.98 Å². The van der Waals surface area contributed by atoms with Crippen molar-refractivity contribution in [3.63, 3.8) is 0 Å². The Balaban J connectivity index is 2.22. The molecule has 6 heteroatoms. The molecule has 3 rings (SSSR count). The normalized spacial score (nSPS) is 10.9. The molecule has 0 fully saturated rings. The highest BCUT2D eigenvalue weighted by Crippen LogP contribution is 2.30. The van der Waals surface area contributed by atoms with Crippen LogP contribution in [0.1, 0.15) is 0 Å². The van der Waals surface area contributed by atoms with Gasteiger partial charge in [0.15, 0.2) is 5.65 Å². The molecule has 2 aromatic heterocycles. The number of aromatic nitrogens is 3. The van der Waals surface area contributed by atoms with Gasteiger partial charge in [-0.3, -0.25) is 4.79 Å². The van der Waals surface area contributed by atoms with Crippen molar-refractivity contribution < 1.29 is 0 Å². The summed E-state index contributed by atoms with van der Waals surface area (Å²) in [6.45, 7) is 0. The van der Waals surface area contributed by atoms with Gasteiger partial charge in [-0.1, -0.05) is 0 Å². The van der Waals surface area contributed by atoms with Crippen LogP contribution < -0.4 is 16.2 Å². The Morgan fingerprint density at radius 1 is 1.15 bits per heavy atom. The van der Waals surface area contributed by atoms with Crippen LogP contribution in [0.5, 0.6) is 0 Å². The maximum absolute atomic E-state index is 11.3. The summed E-state index contributed by atoms with van der Waals surface area (Å²) in [6, 6.07) is 8.83. The van der Waals surface area contributed by atoms with E-state index < -0.39 is 0 Å². The zero-order valence-corrected chi connectivity index (χ0v) is 11.3. The maximum atomic E-state index is 11.3. The van der Waals surface area contributed by atoms with Crippen molar-refractivity contribution in [3.05, 3.63) is 40.7 Å². The van der Waals surface area contributed by atoms with Crippen molar-refractivity contribution in [2.24, 2.45) is 0 Å². The van der Waals surface area contributed by atoms with E-state index in [0.29, 0.717) is 17.2 Å². The van der Waals surface area contributed by atoms with Crippen molar-refractivity contribution in [1.82, 2.24) is 15.0 Å². The molecule has 0 spiro atoms. The molecule has 102 valence electrons. The lowest BCUT2D eigenvalue weighted by Crippen LogP contribution is -2.10. The molecule has 0 atom stereocenters. The minimum atomic E-state index is -0.166. The number of nitrogens with one attached hydrogen (secondary N) is 2. The summed E-state index contributed by atoms with van der Waals surface area (Å²) >= 11 is 0. The fraction of sp³-hybridized carbons (Fsp3) is 0.143. The van der Waals surface area contributed by atoms with Crippen molar-refractivity contribution in [2.75, 3.05) is 24.7 Å². The number of H-pyrrole nitrogens is 2. The number of aromatic amines is 2. The monoisotopic (exact) mass is 269 g/mol. The van der Waals surface area contributed by atoms with Gasteiger partial charge >= 0.3 is 0 Å². The topological polar surface area (TPSA) is 90.8 Å². The first-order chi connectivity index (χ1) is 9.54. The van der Waals surface area contributed by atoms with Gasteiger partial charge < -0.3 is 20.6 Å². The number of benzene rings is 1. The number of fused-ring (bicyclic) bond motifs is 1. The number of nitrogens with zero attached hydrogens (tertiary/aromatic N) is 2. The third-order valence-electron chi connectivity index (χ3n) is 3.13. The van der Waals surface area contributed by atoms with Gasteiger partial charge in [-0.05, 0) is 24.3 Å². The number of imidazole rings is 1. The van der Waals surface area contributed by atoms with E-state index >= 15 is 0 Å². The summed E-state index contributed by atoms with van der Waals surface area (Å²) in [5.41, 5.74) is 9.60. The molecule has 0 radical (unpaired) electrons. The van der Waals surface area contributed by atoms with Gasteiger partial charge in [0, 0.05) is 37.1 Å². The van der Waals surface area contributed by atoms with Crippen LogP contribution in [0, 0.1) is 0 Å². The summed E-state index contributed by atoms with van der Waals surface area (Å²) < 4.78 is 0. The highest BCUT2D eigenvalue weighted by molar-refractivity contribution is 5.82. The van der Waals surface area contributed by atoms with E-state index in [1.807, 2.05) is 37.2 Å². The molecule has 0 unspecified atom stereocenters. The van der Waals surface area contributed by atoms with Crippen LogP contribution in [0.25, 0.3) is 22.6 Å². The largest absolute Gasteiger partial charge is 0.399 e. The lowest BCUT2D eigenvalue weighted by atomic mass is 10.1. The lowest BCUT2D eigenvalue weighted by Gasteiger charge is -2.16. The van der Waals surface area contributed by atoms with Crippen LogP contribution in [0.2, 0.25) is 0 Å². The van der Waals surface area contributed by atoms with Crippen molar-refractivity contribution in [3.8, 4) is 11.4 Å². The van der Waals surface area contributed by atoms with Crippen LogP contribution in [-0.2, 0) is 0 Å². The van der Waals surface area contributed by atoms with Gasteiger partial charge in [0.1, 0.15) is 5.82 Å². The summed E-state index contributed by atoms with van der Waals surface area (Å²) in [7, 11) is 3.89. The second kappa shape index (κ2) is 4.41. The highest BCUT2D eigenvalue weighted by atomic mass is 16.1.